The zero-order valence-electron chi connectivity index (χ0n) is 18.1. The van der Waals surface area contributed by atoms with E-state index in [1.165, 1.54) is 22.1 Å². The summed E-state index contributed by atoms with van der Waals surface area (Å²) in [5, 5.41) is 15.0. The van der Waals surface area contributed by atoms with Gasteiger partial charge in [-0.25, -0.2) is 4.98 Å². The minimum atomic E-state index is -0.488. The van der Waals surface area contributed by atoms with Crippen LogP contribution in [-0.4, -0.2) is 10.9 Å². The summed E-state index contributed by atoms with van der Waals surface area (Å²) >= 11 is 1.37. The number of ether oxygens (including phenoxy) is 1. The van der Waals surface area contributed by atoms with Crippen LogP contribution in [0.1, 0.15) is 11.1 Å². The van der Waals surface area contributed by atoms with Gasteiger partial charge in [0.2, 0.25) is 0 Å². The van der Waals surface area contributed by atoms with Crippen molar-refractivity contribution >= 4 is 49.4 Å². The number of rotatable bonds is 6. The highest BCUT2D eigenvalue weighted by atomic mass is 32.1. The predicted molar refractivity (Wildman–Crippen MR) is 137 cm³/mol. The SMILES string of the molecule is N#C/C(=C\c1ccc(OCc2cccc3ccccc23)cc1)C(=O)Nc1nc2ccccc2s1. The van der Waals surface area contributed by atoms with E-state index in [0.29, 0.717) is 17.5 Å². The lowest BCUT2D eigenvalue weighted by molar-refractivity contribution is -0.112. The summed E-state index contributed by atoms with van der Waals surface area (Å²) < 4.78 is 6.94. The molecule has 1 N–H and O–H groups in total. The monoisotopic (exact) mass is 461 g/mol. The van der Waals surface area contributed by atoms with E-state index in [9.17, 15) is 10.1 Å². The molecule has 0 unspecified atom stereocenters. The van der Waals surface area contributed by atoms with Gasteiger partial charge in [-0.05, 0) is 52.2 Å². The zero-order chi connectivity index (χ0) is 23.3. The number of carbonyl (C=O) groups is 1. The number of hydrogen-bond acceptors (Lipinski definition) is 5. The third-order valence-corrected chi connectivity index (χ3v) is 6.30. The normalized spacial score (nSPS) is 11.3. The second kappa shape index (κ2) is 9.57. The van der Waals surface area contributed by atoms with Gasteiger partial charge in [0.25, 0.3) is 5.91 Å². The molecule has 0 aliphatic heterocycles. The minimum Gasteiger partial charge on any atom is -0.489 e. The standard InChI is InChI=1S/C28H19N3O2S/c29-17-22(27(32)31-28-30-25-10-3-4-11-26(25)34-28)16-19-12-14-23(15-13-19)33-18-21-8-5-7-20-6-1-2-9-24(20)21/h1-16H,18H2,(H,30,31,32)/b22-16+. The van der Waals surface area contributed by atoms with Crippen molar-refractivity contribution in [1.82, 2.24) is 4.98 Å². The van der Waals surface area contributed by atoms with Gasteiger partial charge in [0, 0.05) is 0 Å². The van der Waals surface area contributed by atoms with Crippen LogP contribution in [0.3, 0.4) is 0 Å². The molecule has 0 bridgehead atoms. The van der Waals surface area contributed by atoms with Gasteiger partial charge < -0.3 is 4.74 Å². The number of aromatic nitrogens is 1. The van der Waals surface area contributed by atoms with E-state index in [2.05, 4.69) is 34.6 Å². The molecule has 164 valence electrons. The van der Waals surface area contributed by atoms with E-state index in [4.69, 9.17) is 4.74 Å². The lowest BCUT2D eigenvalue weighted by Gasteiger charge is -2.09. The van der Waals surface area contributed by atoms with Crippen molar-refractivity contribution < 1.29 is 9.53 Å². The fourth-order valence-electron chi connectivity index (χ4n) is 3.65. The summed E-state index contributed by atoms with van der Waals surface area (Å²) in [7, 11) is 0. The van der Waals surface area contributed by atoms with Gasteiger partial charge in [-0.1, -0.05) is 78.1 Å². The molecule has 1 amide bonds. The molecule has 0 radical (unpaired) electrons. The van der Waals surface area contributed by atoms with Crippen molar-refractivity contribution in [2.45, 2.75) is 6.61 Å². The van der Waals surface area contributed by atoms with Crippen LogP contribution >= 0.6 is 11.3 Å². The first-order valence-corrected chi connectivity index (χ1v) is 11.5. The maximum Gasteiger partial charge on any atom is 0.268 e. The van der Waals surface area contributed by atoms with Crippen molar-refractivity contribution in [3.8, 4) is 11.8 Å². The number of nitriles is 1. The van der Waals surface area contributed by atoms with Gasteiger partial charge in [-0.2, -0.15) is 5.26 Å². The molecule has 0 saturated carbocycles. The number of amides is 1. The van der Waals surface area contributed by atoms with Crippen LogP contribution in [0.15, 0.2) is 96.6 Å². The molecular formula is C28H19N3O2S. The third kappa shape index (κ3) is 4.65. The number of para-hydroxylation sites is 1. The van der Waals surface area contributed by atoms with Gasteiger partial charge in [-0.3, -0.25) is 10.1 Å². The number of thiazole rings is 1. The fraction of sp³-hybridized carbons (Fsp3) is 0.0357. The maximum absolute atomic E-state index is 12.6. The largest absolute Gasteiger partial charge is 0.489 e. The smallest absolute Gasteiger partial charge is 0.268 e. The number of nitrogens with zero attached hydrogens (tertiary/aromatic N) is 2. The average Bonchev–Trinajstić information content (AvgIpc) is 3.29. The molecule has 5 nitrogen and oxygen atoms in total. The molecule has 0 saturated heterocycles. The van der Waals surface area contributed by atoms with Crippen molar-refractivity contribution in [2.24, 2.45) is 0 Å². The molecule has 6 heteroatoms. The number of benzene rings is 4. The quantitative estimate of drug-likeness (QED) is 0.229. The lowest BCUT2D eigenvalue weighted by atomic mass is 10.1. The number of hydrogen-bond donors (Lipinski definition) is 1. The van der Waals surface area contributed by atoms with Gasteiger partial charge in [0.05, 0.1) is 10.2 Å². The number of anilines is 1. The van der Waals surface area contributed by atoms with Crippen molar-refractivity contribution in [3.05, 3.63) is 108 Å². The first-order chi connectivity index (χ1) is 16.7. The number of carbonyl (C=O) groups excluding carboxylic acids is 1. The Morgan fingerprint density at radius 2 is 1.74 bits per heavy atom. The zero-order valence-corrected chi connectivity index (χ0v) is 18.9. The molecule has 0 fully saturated rings. The Morgan fingerprint density at radius 3 is 2.56 bits per heavy atom. The molecule has 1 aromatic heterocycles. The Balaban J connectivity index is 1.26. The van der Waals surface area contributed by atoms with Gasteiger partial charge >= 0.3 is 0 Å². The van der Waals surface area contributed by atoms with Crippen LogP contribution in [0.5, 0.6) is 5.75 Å². The molecule has 1 heterocycles. The summed E-state index contributed by atoms with van der Waals surface area (Å²) in [4.78, 5) is 17.0. The van der Waals surface area contributed by atoms with E-state index >= 15 is 0 Å². The first kappa shape index (κ1) is 21.4. The van der Waals surface area contributed by atoms with E-state index in [1.807, 2.05) is 72.8 Å². The van der Waals surface area contributed by atoms with Crippen LogP contribution in [0, 0.1) is 11.3 Å². The topological polar surface area (TPSA) is 75.0 Å². The number of fused-ring (bicyclic) bond motifs is 2. The van der Waals surface area contributed by atoms with E-state index in [1.54, 1.807) is 6.08 Å². The summed E-state index contributed by atoms with van der Waals surface area (Å²) in [5.74, 6) is 0.223. The highest BCUT2D eigenvalue weighted by Crippen LogP contribution is 2.26. The van der Waals surface area contributed by atoms with Crippen molar-refractivity contribution in [3.63, 3.8) is 0 Å². The van der Waals surface area contributed by atoms with Crippen LogP contribution < -0.4 is 10.1 Å². The highest BCUT2D eigenvalue weighted by Gasteiger charge is 2.12. The summed E-state index contributed by atoms with van der Waals surface area (Å²) in [6.07, 6.45) is 1.55. The molecule has 34 heavy (non-hydrogen) atoms. The Labute approximate surface area is 200 Å². The molecule has 5 rings (SSSR count). The van der Waals surface area contributed by atoms with Crippen LogP contribution in [0.25, 0.3) is 27.1 Å². The van der Waals surface area contributed by atoms with Gasteiger partial charge in [0.15, 0.2) is 5.13 Å². The molecule has 4 aromatic carbocycles. The number of nitrogens with one attached hydrogen (secondary N) is 1. The van der Waals surface area contributed by atoms with Crippen molar-refractivity contribution in [1.29, 1.82) is 5.26 Å². The Morgan fingerprint density at radius 1 is 0.971 bits per heavy atom. The minimum absolute atomic E-state index is 0.00341. The molecule has 0 aliphatic carbocycles. The third-order valence-electron chi connectivity index (χ3n) is 5.34. The maximum atomic E-state index is 12.6. The van der Waals surface area contributed by atoms with E-state index < -0.39 is 5.91 Å². The molecular weight excluding hydrogens is 442 g/mol. The average molecular weight is 462 g/mol. The molecule has 0 atom stereocenters. The van der Waals surface area contributed by atoms with Crippen molar-refractivity contribution in [2.75, 3.05) is 5.32 Å². The molecule has 5 aromatic rings. The Hall–Kier alpha value is -4.47. The van der Waals surface area contributed by atoms with Crippen LogP contribution in [-0.2, 0) is 11.4 Å². The van der Waals surface area contributed by atoms with Gasteiger partial charge in [-0.15, -0.1) is 0 Å². The summed E-state index contributed by atoms with van der Waals surface area (Å²) in [5.41, 5.74) is 2.65. The van der Waals surface area contributed by atoms with E-state index in [-0.39, 0.29) is 5.57 Å². The predicted octanol–water partition coefficient (Wildman–Crippen LogP) is 6.57. The van der Waals surface area contributed by atoms with Crippen LogP contribution in [0.4, 0.5) is 5.13 Å². The van der Waals surface area contributed by atoms with Gasteiger partial charge in [0.1, 0.15) is 24.0 Å². The highest BCUT2D eigenvalue weighted by molar-refractivity contribution is 7.22. The second-order valence-corrected chi connectivity index (χ2v) is 8.64. The summed E-state index contributed by atoms with van der Waals surface area (Å²) in [6.45, 7) is 0.449. The first-order valence-electron chi connectivity index (χ1n) is 10.7. The Kier molecular flexibility index (Phi) is 6.02. The van der Waals surface area contributed by atoms with Crippen LogP contribution in [0.2, 0.25) is 0 Å². The second-order valence-electron chi connectivity index (χ2n) is 7.61. The lowest BCUT2D eigenvalue weighted by Crippen LogP contribution is -2.13. The molecule has 0 aliphatic rings. The molecule has 0 spiro atoms. The fourth-order valence-corrected chi connectivity index (χ4v) is 4.51. The summed E-state index contributed by atoms with van der Waals surface area (Å²) in [6, 6.07) is 31.3. The van der Waals surface area contributed by atoms with E-state index in [0.717, 1.165) is 21.3 Å². The Bertz CT molecular complexity index is 1520.